The van der Waals surface area contributed by atoms with Gasteiger partial charge in [0, 0.05) is 11.8 Å². The Hall–Kier alpha value is -3.61. The van der Waals surface area contributed by atoms with Gasteiger partial charge in [0.15, 0.2) is 12.0 Å². The molecule has 0 spiro atoms. The van der Waals surface area contributed by atoms with Crippen LogP contribution in [0.1, 0.15) is 10.6 Å². The zero-order valence-electron chi connectivity index (χ0n) is 13.9. The van der Waals surface area contributed by atoms with Crippen LogP contribution in [0, 0.1) is 0 Å². The fraction of sp³-hybridized carbons (Fsp3) is 0.105. The van der Waals surface area contributed by atoms with Crippen molar-refractivity contribution >= 4 is 28.5 Å². The first-order chi connectivity index (χ1) is 12.6. The molecule has 0 aliphatic heterocycles. The number of nitrogens with one attached hydrogen (secondary N) is 1. The highest BCUT2D eigenvalue weighted by Gasteiger charge is 2.15. The van der Waals surface area contributed by atoms with E-state index in [-0.39, 0.29) is 16.8 Å². The van der Waals surface area contributed by atoms with E-state index in [9.17, 15) is 14.4 Å². The zero-order valence-corrected chi connectivity index (χ0v) is 13.9. The largest absolute Gasteiger partial charge is 0.497 e. The molecule has 0 unspecified atom stereocenters. The third-order valence-electron chi connectivity index (χ3n) is 3.54. The summed E-state index contributed by atoms with van der Waals surface area (Å²) in [7, 11) is 1.54. The van der Waals surface area contributed by atoms with Gasteiger partial charge in [0.05, 0.1) is 12.5 Å². The fourth-order valence-electron chi connectivity index (χ4n) is 2.28. The number of carbonyl (C=O) groups excluding carboxylic acids is 2. The molecular weight excluding hydrogens is 338 g/mol. The maximum absolute atomic E-state index is 12.0. The van der Waals surface area contributed by atoms with Crippen LogP contribution in [-0.4, -0.2) is 25.6 Å². The van der Waals surface area contributed by atoms with Crippen LogP contribution in [0.5, 0.6) is 5.75 Å². The highest BCUT2D eigenvalue weighted by atomic mass is 16.5. The number of ether oxygens (including phenoxy) is 2. The van der Waals surface area contributed by atoms with E-state index in [0.717, 1.165) is 6.07 Å². The second-order valence-electron chi connectivity index (χ2n) is 5.32. The van der Waals surface area contributed by atoms with Crippen molar-refractivity contribution in [1.82, 2.24) is 0 Å². The molecule has 1 aromatic heterocycles. The van der Waals surface area contributed by atoms with E-state index in [0.29, 0.717) is 16.8 Å². The molecule has 0 saturated heterocycles. The molecule has 0 atom stereocenters. The van der Waals surface area contributed by atoms with Crippen LogP contribution in [0.4, 0.5) is 5.69 Å². The monoisotopic (exact) mass is 353 g/mol. The van der Waals surface area contributed by atoms with Gasteiger partial charge < -0.3 is 19.2 Å². The van der Waals surface area contributed by atoms with E-state index >= 15 is 0 Å². The van der Waals surface area contributed by atoms with Crippen molar-refractivity contribution in [1.29, 1.82) is 0 Å². The summed E-state index contributed by atoms with van der Waals surface area (Å²) in [5, 5.41) is 2.94. The minimum Gasteiger partial charge on any atom is -0.497 e. The Morgan fingerprint density at radius 2 is 1.81 bits per heavy atom. The molecule has 0 aliphatic carbocycles. The van der Waals surface area contributed by atoms with Crippen LogP contribution in [0.15, 0.2) is 63.8 Å². The predicted molar refractivity (Wildman–Crippen MR) is 94.4 cm³/mol. The van der Waals surface area contributed by atoms with Crippen molar-refractivity contribution in [3.63, 3.8) is 0 Å². The van der Waals surface area contributed by atoms with Gasteiger partial charge in [-0.15, -0.1) is 0 Å². The summed E-state index contributed by atoms with van der Waals surface area (Å²) in [6, 6.07) is 14.3. The van der Waals surface area contributed by atoms with Crippen molar-refractivity contribution in [3.8, 4) is 5.75 Å². The highest BCUT2D eigenvalue weighted by Crippen LogP contribution is 2.15. The number of hydrogen-bond donors (Lipinski definition) is 1. The Morgan fingerprint density at radius 1 is 1.08 bits per heavy atom. The number of benzene rings is 2. The van der Waals surface area contributed by atoms with Gasteiger partial charge in [-0.2, -0.15) is 0 Å². The van der Waals surface area contributed by atoms with Crippen LogP contribution in [0.2, 0.25) is 0 Å². The van der Waals surface area contributed by atoms with E-state index < -0.39 is 18.5 Å². The van der Waals surface area contributed by atoms with Crippen LogP contribution in [-0.2, 0) is 9.53 Å². The van der Waals surface area contributed by atoms with E-state index in [1.165, 1.54) is 7.11 Å². The molecule has 0 saturated carbocycles. The number of anilines is 1. The zero-order chi connectivity index (χ0) is 18.5. The summed E-state index contributed by atoms with van der Waals surface area (Å²) in [5.74, 6) is -1.02. The first kappa shape index (κ1) is 17.2. The van der Waals surface area contributed by atoms with Crippen LogP contribution in [0.25, 0.3) is 11.0 Å². The Morgan fingerprint density at radius 3 is 2.54 bits per heavy atom. The number of amides is 1. The van der Waals surface area contributed by atoms with E-state index in [2.05, 4.69) is 5.32 Å². The molecule has 0 bridgehead atoms. The average molecular weight is 353 g/mol. The third kappa shape index (κ3) is 3.89. The SMILES string of the molecule is COc1ccc(NC(=O)COC(=O)c2cc(=O)c3ccccc3o2)cc1. The number of fused-ring (bicyclic) bond motifs is 1. The molecule has 7 heteroatoms. The number of esters is 1. The third-order valence-corrected chi connectivity index (χ3v) is 3.54. The molecular formula is C19H15NO6. The molecule has 1 N–H and O–H groups in total. The summed E-state index contributed by atoms with van der Waals surface area (Å²) < 4.78 is 15.3. The second-order valence-corrected chi connectivity index (χ2v) is 5.32. The van der Waals surface area contributed by atoms with Crippen LogP contribution in [0.3, 0.4) is 0 Å². The standard InChI is InChI=1S/C19H15NO6/c1-24-13-8-6-12(7-9-13)20-18(22)11-25-19(23)17-10-15(21)14-4-2-3-5-16(14)26-17/h2-10H,11H2,1H3,(H,20,22). The number of carbonyl (C=O) groups is 2. The Kier molecular flexibility index (Phi) is 4.98. The molecule has 0 radical (unpaired) electrons. The first-order valence-corrected chi connectivity index (χ1v) is 7.71. The van der Waals surface area contributed by atoms with Gasteiger partial charge in [-0.1, -0.05) is 12.1 Å². The summed E-state index contributed by atoms with van der Waals surface area (Å²) in [6.07, 6.45) is 0. The van der Waals surface area contributed by atoms with E-state index in [1.54, 1.807) is 48.5 Å². The predicted octanol–water partition coefficient (Wildman–Crippen LogP) is 2.60. The average Bonchev–Trinajstić information content (AvgIpc) is 2.66. The molecule has 7 nitrogen and oxygen atoms in total. The molecule has 0 aliphatic rings. The molecule has 2 aromatic carbocycles. The normalized spacial score (nSPS) is 10.3. The lowest BCUT2D eigenvalue weighted by Crippen LogP contribution is -2.21. The Balaban J connectivity index is 1.63. The van der Waals surface area contributed by atoms with Crippen molar-refractivity contribution in [2.75, 3.05) is 19.0 Å². The highest BCUT2D eigenvalue weighted by molar-refractivity contribution is 5.95. The van der Waals surface area contributed by atoms with Gasteiger partial charge in [-0.3, -0.25) is 9.59 Å². The van der Waals surface area contributed by atoms with E-state index in [4.69, 9.17) is 13.9 Å². The minimum absolute atomic E-state index is 0.258. The summed E-state index contributed by atoms with van der Waals surface area (Å²) in [6.45, 7) is -0.513. The van der Waals surface area contributed by atoms with Crippen LogP contribution < -0.4 is 15.5 Å². The van der Waals surface area contributed by atoms with Gasteiger partial charge in [0.1, 0.15) is 11.3 Å². The second kappa shape index (κ2) is 7.52. The van der Waals surface area contributed by atoms with Crippen molar-refractivity contribution in [2.24, 2.45) is 0 Å². The Labute approximate surface area is 148 Å². The fourth-order valence-corrected chi connectivity index (χ4v) is 2.28. The molecule has 1 amide bonds. The first-order valence-electron chi connectivity index (χ1n) is 7.71. The molecule has 0 fully saturated rings. The summed E-state index contributed by atoms with van der Waals surface area (Å²) in [5.41, 5.74) is 0.445. The summed E-state index contributed by atoms with van der Waals surface area (Å²) in [4.78, 5) is 35.9. The number of hydrogen-bond acceptors (Lipinski definition) is 6. The maximum atomic E-state index is 12.0. The lowest BCUT2D eigenvalue weighted by Gasteiger charge is -2.07. The maximum Gasteiger partial charge on any atom is 0.374 e. The molecule has 3 aromatic rings. The van der Waals surface area contributed by atoms with Crippen LogP contribution >= 0.6 is 0 Å². The summed E-state index contributed by atoms with van der Waals surface area (Å²) >= 11 is 0. The minimum atomic E-state index is -0.891. The molecule has 132 valence electrons. The lowest BCUT2D eigenvalue weighted by atomic mass is 10.2. The van der Waals surface area contributed by atoms with Gasteiger partial charge in [-0.05, 0) is 36.4 Å². The smallest absolute Gasteiger partial charge is 0.374 e. The number of para-hydroxylation sites is 1. The van der Waals surface area contributed by atoms with Gasteiger partial charge in [0.2, 0.25) is 5.76 Å². The van der Waals surface area contributed by atoms with Gasteiger partial charge in [-0.25, -0.2) is 4.79 Å². The number of rotatable bonds is 5. The molecule has 26 heavy (non-hydrogen) atoms. The number of methoxy groups -OCH3 is 1. The van der Waals surface area contributed by atoms with Crippen molar-refractivity contribution in [3.05, 3.63) is 70.6 Å². The quantitative estimate of drug-likeness (QED) is 0.709. The topological polar surface area (TPSA) is 94.8 Å². The van der Waals surface area contributed by atoms with Gasteiger partial charge >= 0.3 is 5.97 Å². The molecule has 1 heterocycles. The van der Waals surface area contributed by atoms with Crippen molar-refractivity contribution in [2.45, 2.75) is 0 Å². The molecule has 3 rings (SSSR count). The Bertz CT molecular complexity index is 1010. The van der Waals surface area contributed by atoms with Gasteiger partial charge in [0.25, 0.3) is 5.91 Å². The van der Waals surface area contributed by atoms with Crippen molar-refractivity contribution < 1.29 is 23.5 Å². The van der Waals surface area contributed by atoms with E-state index in [1.807, 2.05) is 0 Å². The lowest BCUT2D eigenvalue weighted by molar-refractivity contribution is -0.119.